The topological polar surface area (TPSA) is 71.2 Å². The Kier molecular flexibility index (Phi) is 2.45. The third-order valence-electron chi connectivity index (χ3n) is 2.55. The molecule has 0 spiro atoms. The number of carbonyl (C=O) groups excluding carboxylic acids is 1. The van der Waals surface area contributed by atoms with E-state index in [-0.39, 0.29) is 11.9 Å². The highest BCUT2D eigenvalue weighted by Gasteiger charge is 2.28. The SMILES string of the molecule is CN1CCC(Nc2ccc(N)nc2)C1=O. The number of hydrogen-bond acceptors (Lipinski definition) is 4. The van der Waals surface area contributed by atoms with Crippen molar-refractivity contribution in [3.63, 3.8) is 0 Å². The Balaban J connectivity index is 2.03. The van der Waals surface area contributed by atoms with E-state index in [0.29, 0.717) is 5.82 Å². The fourth-order valence-corrected chi connectivity index (χ4v) is 1.65. The molecule has 1 unspecified atom stereocenters. The van der Waals surface area contributed by atoms with Crippen molar-refractivity contribution in [3.8, 4) is 0 Å². The number of nitrogen functional groups attached to an aromatic ring is 1. The van der Waals surface area contributed by atoms with Crippen molar-refractivity contribution >= 4 is 17.4 Å². The van der Waals surface area contributed by atoms with E-state index in [1.54, 1.807) is 17.2 Å². The van der Waals surface area contributed by atoms with Crippen LogP contribution in [0.2, 0.25) is 0 Å². The van der Waals surface area contributed by atoms with Gasteiger partial charge in [0.2, 0.25) is 5.91 Å². The molecule has 0 saturated carbocycles. The first-order valence-corrected chi connectivity index (χ1v) is 4.90. The predicted molar refractivity (Wildman–Crippen MR) is 58.3 cm³/mol. The van der Waals surface area contributed by atoms with Crippen LogP contribution in [-0.2, 0) is 4.79 Å². The number of amides is 1. The monoisotopic (exact) mass is 206 g/mol. The summed E-state index contributed by atoms with van der Waals surface area (Å²) in [7, 11) is 1.81. The van der Waals surface area contributed by atoms with Crippen molar-refractivity contribution in [2.24, 2.45) is 0 Å². The average Bonchev–Trinajstić information content (AvgIpc) is 2.53. The summed E-state index contributed by atoms with van der Waals surface area (Å²) in [5.41, 5.74) is 6.30. The highest BCUT2D eigenvalue weighted by Crippen LogP contribution is 2.15. The number of aromatic nitrogens is 1. The van der Waals surface area contributed by atoms with Crippen LogP contribution in [0.15, 0.2) is 18.3 Å². The van der Waals surface area contributed by atoms with Gasteiger partial charge in [0, 0.05) is 13.6 Å². The van der Waals surface area contributed by atoms with E-state index in [1.165, 1.54) is 0 Å². The zero-order valence-corrected chi connectivity index (χ0v) is 8.60. The number of nitrogens with two attached hydrogens (primary N) is 1. The predicted octanol–water partition coefficient (Wildman–Crippen LogP) is 0.306. The number of anilines is 2. The number of rotatable bonds is 2. The second kappa shape index (κ2) is 3.76. The molecular weight excluding hydrogens is 192 g/mol. The van der Waals surface area contributed by atoms with Crippen LogP contribution >= 0.6 is 0 Å². The van der Waals surface area contributed by atoms with Crippen LogP contribution in [0.4, 0.5) is 11.5 Å². The summed E-state index contributed by atoms with van der Waals surface area (Å²) >= 11 is 0. The van der Waals surface area contributed by atoms with Crippen LogP contribution in [0.25, 0.3) is 0 Å². The molecule has 0 aromatic carbocycles. The Morgan fingerprint density at radius 3 is 2.93 bits per heavy atom. The molecule has 5 heteroatoms. The van der Waals surface area contributed by atoms with Gasteiger partial charge in [-0.2, -0.15) is 0 Å². The van der Waals surface area contributed by atoms with Gasteiger partial charge < -0.3 is 16.0 Å². The maximum absolute atomic E-state index is 11.6. The molecule has 1 amide bonds. The molecule has 1 aromatic heterocycles. The van der Waals surface area contributed by atoms with Gasteiger partial charge in [-0.25, -0.2) is 4.98 Å². The molecule has 1 atom stereocenters. The number of carbonyl (C=O) groups is 1. The molecular formula is C10H14N4O. The molecule has 1 saturated heterocycles. The maximum atomic E-state index is 11.6. The first kappa shape index (κ1) is 9.76. The number of nitrogens with one attached hydrogen (secondary N) is 1. The summed E-state index contributed by atoms with van der Waals surface area (Å²) in [6.45, 7) is 0.804. The van der Waals surface area contributed by atoms with Gasteiger partial charge in [-0.05, 0) is 18.6 Å². The first-order chi connectivity index (χ1) is 7.16. The van der Waals surface area contributed by atoms with Gasteiger partial charge in [0.25, 0.3) is 0 Å². The van der Waals surface area contributed by atoms with Crippen LogP contribution < -0.4 is 11.1 Å². The number of nitrogens with zero attached hydrogens (tertiary/aromatic N) is 2. The van der Waals surface area contributed by atoms with Crippen molar-refractivity contribution in [1.29, 1.82) is 0 Å². The third kappa shape index (κ3) is 2.01. The number of pyridine rings is 1. The summed E-state index contributed by atoms with van der Waals surface area (Å²) < 4.78 is 0. The van der Waals surface area contributed by atoms with E-state index in [4.69, 9.17) is 5.73 Å². The Hall–Kier alpha value is -1.78. The minimum Gasteiger partial charge on any atom is -0.384 e. The number of likely N-dealkylation sites (N-methyl/N-ethyl adjacent to an activating group) is 1. The van der Waals surface area contributed by atoms with E-state index in [9.17, 15) is 4.79 Å². The number of likely N-dealkylation sites (tertiary alicyclic amines) is 1. The van der Waals surface area contributed by atoms with E-state index in [2.05, 4.69) is 10.3 Å². The molecule has 1 fully saturated rings. The molecule has 1 aliphatic rings. The largest absolute Gasteiger partial charge is 0.384 e. The lowest BCUT2D eigenvalue weighted by Gasteiger charge is -2.12. The van der Waals surface area contributed by atoms with Gasteiger partial charge >= 0.3 is 0 Å². The fourth-order valence-electron chi connectivity index (χ4n) is 1.65. The first-order valence-electron chi connectivity index (χ1n) is 4.90. The maximum Gasteiger partial charge on any atom is 0.244 e. The van der Waals surface area contributed by atoms with Crippen molar-refractivity contribution < 1.29 is 4.79 Å². The van der Waals surface area contributed by atoms with Crippen LogP contribution in [0, 0.1) is 0 Å². The van der Waals surface area contributed by atoms with Crippen molar-refractivity contribution in [2.75, 3.05) is 24.6 Å². The summed E-state index contributed by atoms with van der Waals surface area (Å²) in [5.74, 6) is 0.613. The third-order valence-corrected chi connectivity index (χ3v) is 2.55. The highest BCUT2D eigenvalue weighted by atomic mass is 16.2. The Morgan fingerprint density at radius 2 is 2.40 bits per heavy atom. The van der Waals surface area contributed by atoms with Crippen molar-refractivity contribution in [3.05, 3.63) is 18.3 Å². The van der Waals surface area contributed by atoms with Crippen LogP contribution in [0.3, 0.4) is 0 Å². The summed E-state index contributed by atoms with van der Waals surface area (Å²) in [5, 5.41) is 3.14. The van der Waals surface area contributed by atoms with E-state index in [1.807, 2.05) is 13.1 Å². The van der Waals surface area contributed by atoms with Gasteiger partial charge in [0.1, 0.15) is 11.9 Å². The molecule has 2 heterocycles. The molecule has 2 rings (SSSR count). The van der Waals surface area contributed by atoms with Crippen LogP contribution in [-0.4, -0.2) is 35.4 Å². The van der Waals surface area contributed by atoms with Gasteiger partial charge in [-0.15, -0.1) is 0 Å². The van der Waals surface area contributed by atoms with Gasteiger partial charge in [0.05, 0.1) is 11.9 Å². The van der Waals surface area contributed by atoms with Crippen LogP contribution in [0.5, 0.6) is 0 Å². The fraction of sp³-hybridized carbons (Fsp3) is 0.400. The van der Waals surface area contributed by atoms with Crippen LogP contribution in [0.1, 0.15) is 6.42 Å². The normalized spacial score (nSPS) is 20.7. The second-order valence-electron chi connectivity index (χ2n) is 3.72. The lowest BCUT2D eigenvalue weighted by atomic mass is 10.2. The Labute approximate surface area is 88.3 Å². The van der Waals surface area contributed by atoms with Crippen molar-refractivity contribution in [2.45, 2.75) is 12.5 Å². The Morgan fingerprint density at radius 1 is 1.60 bits per heavy atom. The minimum atomic E-state index is -0.125. The van der Waals surface area contributed by atoms with E-state index < -0.39 is 0 Å². The zero-order chi connectivity index (χ0) is 10.8. The zero-order valence-electron chi connectivity index (χ0n) is 8.60. The van der Waals surface area contributed by atoms with E-state index in [0.717, 1.165) is 18.7 Å². The molecule has 0 radical (unpaired) electrons. The second-order valence-corrected chi connectivity index (χ2v) is 3.72. The molecule has 1 aliphatic heterocycles. The quantitative estimate of drug-likeness (QED) is 0.730. The summed E-state index contributed by atoms with van der Waals surface area (Å²) in [6.07, 6.45) is 2.47. The Bertz CT molecular complexity index is 362. The lowest BCUT2D eigenvalue weighted by Crippen LogP contribution is -2.30. The van der Waals surface area contributed by atoms with Gasteiger partial charge in [0.15, 0.2) is 0 Å². The smallest absolute Gasteiger partial charge is 0.244 e. The minimum absolute atomic E-state index is 0.125. The van der Waals surface area contributed by atoms with E-state index >= 15 is 0 Å². The molecule has 0 bridgehead atoms. The number of hydrogen-bond donors (Lipinski definition) is 2. The average molecular weight is 206 g/mol. The van der Waals surface area contributed by atoms with Gasteiger partial charge in [-0.3, -0.25) is 4.79 Å². The highest BCUT2D eigenvalue weighted by molar-refractivity contribution is 5.86. The summed E-state index contributed by atoms with van der Waals surface area (Å²) in [4.78, 5) is 17.3. The molecule has 80 valence electrons. The summed E-state index contributed by atoms with van der Waals surface area (Å²) in [6, 6.07) is 3.42. The molecule has 0 aliphatic carbocycles. The molecule has 15 heavy (non-hydrogen) atoms. The van der Waals surface area contributed by atoms with Gasteiger partial charge in [-0.1, -0.05) is 0 Å². The molecule has 5 nitrogen and oxygen atoms in total. The van der Waals surface area contributed by atoms with Crippen molar-refractivity contribution in [1.82, 2.24) is 9.88 Å². The molecule has 3 N–H and O–H groups in total. The molecule has 1 aromatic rings. The standard InChI is InChI=1S/C10H14N4O/c1-14-5-4-8(10(14)15)13-7-2-3-9(11)12-6-7/h2-3,6,8,13H,4-5H2,1H3,(H2,11,12). The lowest BCUT2D eigenvalue weighted by molar-refractivity contribution is -0.127.